The molecule has 0 aliphatic carbocycles. The number of pyridine rings is 1. The number of nitro groups is 1. The van der Waals surface area contributed by atoms with Crippen LogP contribution in [-0.4, -0.2) is 9.91 Å². The molecule has 3 rings (SSSR count). The van der Waals surface area contributed by atoms with Crippen LogP contribution in [0.5, 0.6) is 0 Å². The summed E-state index contributed by atoms with van der Waals surface area (Å²) in [7, 11) is 0. The molecule has 1 heterocycles. The topological polar surface area (TPSA) is 68.1 Å². The fourth-order valence-electron chi connectivity index (χ4n) is 2.52. The molecule has 0 aliphatic rings. The van der Waals surface area contributed by atoms with Crippen LogP contribution in [0.15, 0.2) is 46.9 Å². The number of aryl methyl sites for hydroxylation is 2. The van der Waals surface area contributed by atoms with Gasteiger partial charge < -0.3 is 5.32 Å². The highest BCUT2D eigenvalue weighted by Gasteiger charge is 2.18. The van der Waals surface area contributed by atoms with Crippen molar-refractivity contribution in [3.63, 3.8) is 0 Å². The van der Waals surface area contributed by atoms with E-state index in [0.717, 1.165) is 21.4 Å². The summed E-state index contributed by atoms with van der Waals surface area (Å²) in [5.74, 6) is 0. The summed E-state index contributed by atoms with van der Waals surface area (Å²) in [5, 5.41) is 15.2. The van der Waals surface area contributed by atoms with Gasteiger partial charge in [-0.05, 0) is 49.7 Å². The van der Waals surface area contributed by atoms with Crippen molar-refractivity contribution in [1.29, 1.82) is 0 Å². The van der Waals surface area contributed by atoms with Crippen molar-refractivity contribution in [3.05, 3.63) is 68.3 Å². The third-order valence-electron chi connectivity index (χ3n) is 3.59. The maximum atomic E-state index is 11.4. The van der Waals surface area contributed by atoms with Crippen LogP contribution in [0.2, 0.25) is 0 Å². The molecule has 23 heavy (non-hydrogen) atoms. The van der Waals surface area contributed by atoms with Crippen molar-refractivity contribution >= 4 is 43.9 Å². The number of rotatable bonds is 3. The minimum Gasteiger partial charge on any atom is -0.355 e. The first-order valence-electron chi connectivity index (χ1n) is 7.03. The molecule has 0 atom stereocenters. The number of nitrogens with one attached hydrogen (secondary N) is 1. The highest BCUT2D eigenvalue weighted by molar-refractivity contribution is 9.10. The number of nitro benzene ring substituents is 1. The molecule has 1 aromatic heterocycles. The number of halogens is 1. The van der Waals surface area contributed by atoms with Gasteiger partial charge >= 0.3 is 0 Å². The smallest absolute Gasteiger partial charge is 0.280 e. The Kier molecular flexibility index (Phi) is 4.00. The van der Waals surface area contributed by atoms with Crippen LogP contribution in [0.4, 0.5) is 17.1 Å². The molecule has 0 saturated carbocycles. The predicted molar refractivity (Wildman–Crippen MR) is 95.3 cm³/mol. The maximum absolute atomic E-state index is 11.4. The second-order valence-electron chi connectivity index (χ2n) is 5.33. The van der Waals surface area contributed by atoms with E-state index in [-0.39, 0.29) is 10.6 Å². The number of hydrogen-bond donors (Lipinski definition) is 1. The Morgan fingerprint density at radius 2 is 1.83 bits per heavy atom. The largest absolute Gasteiger partial charge is 0.355 e. The second kappa shape index (κ2) is 5.96. The maximum Gasteiger partial charge on any atom is 0.280 e. The van der Waals surface area contributed by atoms with Crippen molar-refractivity contribution in [1.82, 2.24) is 4.98 Å². The van der Waals surface area contributed by atoms with Crippen LogP contribution >= 0.6 is 15.9 Å². The molecule has 3 aromatic rings. The number of nitrogens with zero attached hydrogens (tertiary/aromatic N) is 2. The van der Waals surface area contributed by atoms with E-state index in [1.165, 1.54) is 6.07 Å². The number of aromatic nitrogens is 1. The van der Waals surface area contributed by atoms with E-state index < -0.39 is 0 Å². The molecule has 1 N–H and O–H groups in total. The van der Waals surface area contributed by atoms with Gasteiger partial charge in [0.2, 0.25) is 0 Å². The predicted octanol–water partition coefficient (Wildman–Crippen LogP) is 5.27. The first kappa shape index (κ1) is 15.4. The molecule has 116 valence electrons. The number of benzene rings is 2. The molecule has 2 aromatic carbocycles. The third kappa shape index (κ3) is 3.03. The van der Waals surface area contributed by atoms with Crippen molar-refractivity contribution in [2.24, 2.45) is 0 Å². The lowest BCUT2D eigenvalue weighted by atomic mass is 10.1. The molecule has 5 nitrogen and oxygen atoms in total. The van der Waals surface area contributed by atoms with Crippen molar-refractivity contribution in [3.8, 4) is 0 Å². The van der Waals surface area contributed by atoms with E-state index in [9.17, 15) is 10.1 Å². The Morgan fingerprint density at radius 3 is 2.48 bits per heavy atom. The summed E-state index contributed by atoms with van der Waals surface area (Å²) in [6.45, 7) is 3.78. The van der Waals surface area contributed by atoms with E-state index in [1.54, 1.807) is 6.07 Å². The van der Waals surface area contributed by atoms with Crippen molar-refractivity contribution in [2.45, 2.75) is 13.8 Å². The van der Waals surface area contributed by atoms with Gasteiger partial charge in [-0.3, -0.25) is 15.1 Å². The fourth-order valence-corrected chi connectivity index (χ4v) is 2.79. The van der Waals surface area contributed by atoms with Gasteiger partial charge in [-0.15, -0.1) is 0 Å². The molecule has 0 saturated heterocycles. The minimum atomic E-state index is -0.369. The Morgan fingerprint density at radius 1 is 1.13 bits per heavy atom. The molecule has 0 aliphatic heterocycles. The molecule has 0 bridgehead atoms. The molecule has 0 spiro atoms. The Balaban J connectivity index is 2.24. The van der Waals surface area contributed by atoms with E-state index in [1.807, 2.05) is 44.2 Å². The van der Waals surface area contributed by atoms with Crippen molar-refractivity contribution < 1.29 is 4.92 Å². The number of fused-ring (bicyclic) bond motifs is 1. The van der Waals surface area contributed by atoms with Crippen LogP contribution < -0.4 is 5.32 Å². The van der Waals surface area contributed by atoms with Gasteiger partial charge in [0.25, 0.3) is 5.69 Å². The number of non-ortho nitro benzene ring substituents is 1. The molecule has 6 heteroatoms. The lowest BCUT2D eigenvalue weighted by molar-refractivity contribution is -0.383. The Bertz CT molecular complexity index is 908. The standard InChI is InChI=1S/C17H14BrN3O2/c1-10-3-8-15(21(22)23)16-14(9-11(2)19-17(10)16)20-13-6-4-12(18)5-7-13/h3-9H,1-2H3,(H,19,20). The Hall–Kier alpha value is -2.47. The summed E-state index contributed by atoms with van der Waals surface area (Å²) in [6.07, 6.45) is 0. The summed E-state index contributed by atoms with van der Waals surface area (Å²) in [6, 6.07) is 12.7. The van der Waals surface area contributed by atoms with Crippen LogP contribution in [0, 0.1) is 24.0 Å². The van der Waals surface area contributed by atoms with Crippen LogP contribution in [0.1, 0.15) is 11.3 Å². The first-order chi connectivity index (χ1) is 11.0. The second-order valence-corrected chi connectivity index (χ2v) is 6.24. The fraction of sp³-hybridized carbons (Fsp3) is 0.118. The lowest BCUT2D eigenvalue weighted by Crippen LogP contribution is -1.99. The monoisotopic (exact) mass is 371 g/mol. The van der Waals surface area contributed by atoms with Crippen LogP contribution in [-0.2, 0) is 0 Å². The van der Waals surface area contributed by atoms with Gasteiger partial charge in [0.05, 0.1) is 16.1 Å². The summed E-state index contributed by atoms with van der Waals surface area (Å²) in [5.41, 5.74) is 3.96. The molecular weight excluding hydrogens is 358 g/mol. The van der Waals surface area contributed by atoms with Gasteiger partial charge in [0.15, 0.2) is 0 Å². The van der Waals surface area contributed by atoms with E-state index >= 15 is 0 Å². The molecular formula is C17H14BrN3O2. The quantitative estimate of drug-likeness (QED) is 0.503. The number of anilines is 2. The van der Waals surface area contributed by atoms with Gasteiger partial charge in [-0.25, -0.2) is 0 Å². The van der Waals surface area contributed by atoms with Gasteiger partial charge in [-0.1, -0.05) is 22.0 Å². The van der Waals surface area contributed by atoms with Crippen LogP contribution in [0.3, 0.4) is 0 Å². The van der Waals surface area contributed by atoms with Gasteiger partial charge in [-0.2, -0.15) is 0 Å². The average molecular weight is 372 g/mol. The normalized spacial score (nSPS) is 10.7. The summed E-state index contributed by atoms with van der Waals surface area (Å²) >= 11 is 3.40. The molecule has 0 fully saturated rings. The van der Waals surface area contributed by atoms with E-state index in [4.69, 9.17) is 0 Å². The van der Waals surface area contributed by atoms with E-state index in [2.05, 4.69) is 26.2 Å². The van der Waals surface area contributed by atoms with Gasteiger partial charge in [0.1, 0.15) is 5.39 Å². The SMILES string of the molecule is Cc1cc(Nc2ccc(Br)cc2)c2c([N+](=O)[O-])ccc(C)c2n1. The average Bonchev–Trinajstić information content (AvgIpc) is 2.50. The first-order valence-corrected chi connectivity index (χ1v) is 7.83. The minimum absolute atomic E-state index is 0.0534. The molecule has 0 radical (unpaired) electrons. The molecule has 0 unspecified atom stereocenters. The Labute approximate surface area is 141 Å². The highest BCUT2D eigenvalue weighted by Crippen LogP contribution is 2.35. The highest BCUT2D eigenvalue weighted by atomic mass is 79.9. The third-order valence-corrected chi connectivity index (χ3v) is 4.12. The zero-order chi connectivity index (χ0) is 16.6. The van der Waals surface area contributed by atoms with E-state index in [0.29, 0.717) is 16.6 Å². The van der Waals surface area contributed by atoms with Crippen molar-refractivity contribution in [2.75, 3.05) is 5.32 Å². The lowest BCUT2D eigenvalue weighted by Gasteiger charge is -2.12. The summed E-state index contributed by atoms with van der Waals surface area (Å²) < 4.78 is 0.973. The number of hydrogen-bond acceptors (Lipinski definition) is 4. The zero-order valence-corrected chi connectivity index (χ0v) is 14.2. The molecule has 0 amide bonds. The van der Waals surface area contributed by atoms with Crippen LogP contribution in [0.25, 0.3) is 10.9 Å². The van der Waals surface area contributed by atoms with Gasteiger partial charge in [0, 0.05) is 21.9 Å². The zero-order valence-electron chi connectivity index (χ0n) is 12.6. The summed E-state index contributed by atoms with van der Waals surface area (Å²) in [4.78, 5) is 15.5.